The van der Waals surface area contributed by atoms with E-state index in [1.807, 2.05) is 64.3 Å². The van der Waals surface area contributed by atoms with E-state index in [2.05, 4.69) is 4.90 Å². The van der Waals surface area contributed by atoms with Gasteiger partial charge in [0.15, 0.2) is 0 Å². The third kappa shape index (κ3) is 7.38. The molecule has 0 aromatic heterocycles. The lowest BCUT2D eigenvalue weighted by molar-refractivity contribution is -0.138. The van der Waals surface area contributed by atoms with Gasteiger partial charge in [-0.2, -0.15) is 0 Å². The molecule has 3 aromatic carbocycles. The number of hydrogen-bond donors (Lipinski definition) is 3. The number of carbonyl (C=O) groups is 1. The van der Waals surface area contributed by atoms with E-state index < -0.39 is 23.3 Å². The zero-order chi connectivity index (χ0) is 26.2. The van der Waals surface area contributed by atoms with Gasteiger partial charge in [-0.1, -0.05) is 68.4 Å². The van der Waals surface area contributed by atoms with Crippen LogP contribution in [-0.2, 0) is 10.4 Å². The van der Waals surface area contributed by atoms with Crippen molar-refractivity contribution in [3.63, 3.8) is 0 Å². The van der Waals surface area contributed by atoms with E-state index in [1.165, 1.54) is 6.07 Å². The van der Waals surface area contributed by atoms with Crippen LogP contribution in [0.2, 0.25) is 0 Å². The van der Waals surface area contributed by atoms with Crippen LogP contribution in [0.15, 0.2) is 72.8 Å². The molecule has 0 fully saturated rings. The smallest absolute Gasteiger partial charge is 0.310 e. The van der Waals surface area contributed by atoms with Crippen LogP contribution in [0.5, 0.6) is 5.75 Å². The van der Waals surface area contributed by atoms with Crippen LogP contribution in [0.1, 0.15) is 44.2 Å². The maximum Gasteiger partial charge on any atom is 0.310 e. The molecule has 0 aliphatic rings. The molecule has 0 radical (unpaired) electrons. The molecule has 3 N–H and O–H groups in total. The summed E-state index contributed by atoms with van der Waals surface area (Å²) in [5.41, 5.74) is 1.64. The number of carboxylic acids is 1. The largest absolute Gasteiger partial charge is 0.508 e. The summed E-state index contributed by atoms with van der Waals surface area (Å²) in [6.45, 7) is 6.35. The first-order valence-corrected chi connectivity index (χ1v) is 11.7. The Morgan fingerprint density at radius 3 is 2.17 bits per heavy atom. The zero-order valence-corrected chi connectivity index (χ0v) is 21.1. The molecule has 5 nitrogen and oxygen atoms in total. The lowest BCUT2D eigenvalue weighted by atomic mass is 9.80. The molecule has 1 unspecified atom stereocenters. The van der Waals surface area contributed by atoms with E-state index in [1.54, 1.807) is 37.3 Å². The molecule has 3 atom stereocenters. The van der Waals surface area contributed by atoms with Crippen LogP contribution in [0, 0.1) is 11.7 Å². The van der Waals surface area contributed by atoms with Gasteiger partial charge < -0.3 is 20.2 Å². The standard InChI is InChI=1S/C15H13FO2.C14H23NO2/c1-10(15(17)18)12-7-8-13(14(16)9-12)11-5-3-2-4-6-11;1-5-14(17,11(2)10-15(3)4)12-7-6-8-13(16)9-12/h2-10H,1H3,(H,17,18);6-9,11,16-17H,5,10H2,1-4H3/t;11-,14-/m.1/s1. The number of aliphatic carboxylic acids is 1. The van der Waals surface area contributed by atoms with Crippen molar-refractivity contribution in [3.05, 3.63) is 89.7 Å². The minimum absolute atomic E-state index is 0.101. The number of hydrogen-bond acceptors (Lipinski definition) is 4. The summed E-state index contributed by atoms with van der Waals surface area (Å²) in [7, 11) is 3.99. The molecule has 0 heterocycles. The molecule has 0 saturated heterocycles. The van der Waals surface area contributed by atoms with Crippen LogP contribution in [0.3, 0.4) is 0 Å². The number of nitrogens with zero attached hydrogens (tertiary/aromatic N) is 1. The van der Waals surface area contributed by atoms with Crippen molar-refractivity contribution in [1.29, 1.82) is 0 Å². The summed E-state index contributed by atoms with van der Waals surface area (Å²) in [5, 5.41) is 29.2. The second kappa shape index (κ2) is 12.5. The van der Waals surface area contributed by atoms with Gasteiger partial charge in [0.05, 0.1) is 11.5 Å². The summed E-state index contributed by atoms with van der Waals surface area (Å²) in [6, 6.07) is 20.7. The number of benzene rings is 3. The fourth-order valence-electron chi connectivity index (χ4n) is 4.11. The molecule has 35 heavy (non-hydrogen) atoms. The second-order valence-corrected chi connectivity index (χ2v) is 9.16. The molecule has 3 aromatic rings. The molecule has 0 aliphatic heterocycles. The minimum Gasteiger partial charge on any atom is -0.508 e. The summed E-state index contributed by atoms with van der Waals surface area (Å²) < 4.78 is 14.0. The van der Waals surface area contributed by atoms with Crippen molar-refractivity contribution in [2.24, 2.45) is 5.92 Å². The van der Waals surface area contributed by atoms with Crippen LogP contribution >= 0.6 is 0 Å². The van der Waals surface area contributed by atoms with Crippen molar-refractivity contribution in [3.8, 4) is 16.9 Å². The van der Waals surface area contributed by atoms with Crippen molar-refractivity contribution in [2.45, 2.75) is 38.7 Å². The van der Waals surface area contributed by atoms with E-state index in [-0.39, 0.29) is 11.7 Å². The monoisotopic (exact) mass is 481 g/mol. The molecular formula is C29H36FNO4. The Labute approximate surface area is 207 Å². The Balaban J connectivity index is 0.000000247. The Morgan fingerprint density at radius 1 is 1.00 bits per heavy atom. The fraction of sp³-hybridized carbons (Fsp3) is 0.345. The summed E-state index contributed by atoms with van der Waals surface area (Å²) in [5.74, 6) is -1.76. The van der Waals surface area contributed by atoms with Gasteiger partial charge >= 0.3 is 5.97 Å². The highest BCUT2D eigenvalue weighted by atomic mass is 19.1. The highest BCUT2D eigenvalue weighted by Crippen LogP contribution is 2.34. The predicted molar refractivity (Wildman–Crippen MR) is 138 cm³/mol. The first-order chi connectivity index (χ1) is 16.5. The van der Waals surface area contributed by atoms with Crippen molar-refractivity contribution in [1.82, 2.24) is 4.90 Å². The maximum absolute atomic E-state index is 14.0. The number of aromatic hydroxyl groups is 1. The second-order valence-electron chi connectivity index (χ2n) is 9.16. The normalized spacial score (nSPS) is 14.4. The maximum atomic E-state index is 14.0. The van der Waals surface area contributed by atoms with Gasteiger partial charge in [0.25, 0.3) is 0 Å². The lowest BCUT2D eigenvalue weighted by Crippen LogP contribution is -2.38. The van der Waals surface area contributed by atoms with Crippen LogP contribution in [0.4, 0.5) is 4.39 Å². The predicted octanol–water partition coefficient (Wildman–Crippen LogP) is 5.87. The first kappa shape index (κ1) is 28.0. The highest BCUT2D eigenvalue weighted by Gasteiger charge is 2.34. The molecule has 0 amide bonds. The topological polar surface area (TPSA) is 81.0 Å². The average molecular weight is 482 g/mol. The highest BCUT2D eigenvalue weighted by molar-refractivity contribution is 5.76. The average Bonchev–Trinajstić information content (AvgIpc) is 2.83. The van der Waals surface area contributed by atoms with E-state index in [0.29, 0.717) is 17.5 Å². The number of phenolic OH excluding ortho intramolecular Hbond substituents is 1. The Hall–Kier alpha value is -3.22. The van der Waals surface area contributed by atoms with E-state index >= 15 is 0 Å². The van der Waals surface area contributed by atoms with Crippen LogP contribution in [-0.4, -0.2) is 46.8 Å². The molecule has 3 rings (SSSR count). The molecule has 0 spiro atoms. The fourth-order valence-corrected chi connectivity index (χ4v) is 4.11. The number of carboxylic acid groups (broad SMARTS) is 1. The van der Waals surface area contributed by atoms with E-state index in [4.69, 9.17) is 5.11 Å². The van der Waals surface area contributed by atoms with Gasteiger partial charge in [0.2, 0.25) is 0 Å². The van der Waals surface area contributed by atoms with Gasteiger partial charge in [-0.15, -0.1) is 0 Å². The van der Waals surface area contributed by atoms with Crippen LogP contribution in [0.25, 0.3) is 11.1 Å². The molecular weight excluding hydrogens is 445 g/mol. The number of halogens is 1. The molecule has 6 heteroatoms. The van der Waals surface area contributed by atoms with Crippen molar-refractivity contribution < 1.29 is 24.5 Å². The first-order valence-electron chi connectivity index (χ1n) is 11.7. The van der Waals surface area contributed by atoms with Crippen molar-refractivity contribution in [2.75, 3.05) is 20.6 Å². The summed E-state index contributed by atoms with van der Waals surface area (Å²) >= 11 is 0. The Bertz CT molecular complexity index is 1100. The third-order valence-electron chi connectivity index (χ3n) is 6.29. The molecule has 0 aliphatic carbocycles. The van der Waals surface area contributed by atoms with Gasteiger partial charge in [-0.05, 0) is 62.3 Å². The Morgan fingerprint density at radius 2 is 1.66 bits per heavy atom. The molecule has 0 saturated carbocycles. The van der Waals surface area contributed by atoms with Crippen LogP contribution < -0.4 is 0 Å². The minimum atomic E-state index is -0.957. The molecule has 188 valence electrons. The quantitative estimate of drug-likeness (QED) is 0.375. The lowest BCUT2D eigenvalue weighted by Gasteiger charge is -2.35. The van der Waals surface area contributed by atoms with E-state index in [0.717, 1.165) is 17.7 Å². The number of rotatable bonds is 8. The SMILES string of the molecule is CC(C(=O)O)c1ccc(-c2ccccc2)c(F)c1.CC[C@](O)(c1cccc(O)c1)[C@H](C)CN(C)C. The number of phenols is 1. The number of aliphatic hydroxyl groups is 1. The third-order valence-corrected chi connectivity index (χ3v) is 6.29. The van der Waals surface area contributed by atoms with Gasteiger partial charge in [0.1, 0.15) is 11.6 Å². The summed E-state index contributed by atoms with van der Waals surface area (Å²) in [6.07, 6.45) is 0.630. The zero-order valence-electron chi connectivity index (χ0n) is 21.1. The van der Waals surface area contributed by atoms with Gasteiger partial charge in [0, 0.05) is 18.0 Å². The van der Waals surface area contributed by atoms with E-state index in [9.17, 15) is 19.4 Å². The van der Waals surface area contributed by atoms with Gasteiger partial charge in [-0.3, -0.25) is 4.79 Å². The Kier molecular flexibility index (Phi) is 9.99. The van der Waals surface area contributed by atoms with Gasteiger partial charge in [-0.25, -0.2) is 4.39 Å². The summed E-state index contributed by atoms with van der Waals surface area (Å²) in [4.78, 5) is 12.9. The van der Waals surface area contributed by atoms with Crippen molar-refractivity contribution >= 4 is 5.97 Å². The molecule has 0 bridgehead atoms.